The maximum atomic E-state index is 12.5. The smallest absolute Gasteiger partial charge is 0.276 e. The van der Waals surface area contributed by atoms with Crippen molar-refractivity contribution in [3.05, 3.63) is 54.0 Å². The highest BCUT2D eigenvalue weighted by Crippen LogP contribution is 2.27. The normalized spacial score (nSPS) is 19.6. The lowest BCUT2D eigenvalue weighted by molar-refractivity contribution is 0.0784. The molecule has 2 atom stereocenters. The number of benzene rings is 1. The summed E-state index contributed by atoms with van der Waals surface area (Å²) in [4.78, 5) is 22.1. The fraction of sp³-hybridized carbons (Fsp3) is 0.267. The first-order chi connectivity index (χ1) is 10.2. The number of halogens is 2. The minimum atomic E-state index is -0.213. The van der Waals surface area contributed by atoms with Gasteiger partial charge >= 0.3 is 0 Å². The highest BCUT2D eigenvalue weighted by Gasteiger charge is 2.35. The van der Waals surface area contributed by atoms with E-state index in [1.54, 1.807) is 4.90 Å². The monoisotopic (exact) mass is 355 g/mol. The summed E-state index contributed by atoms with van der Waals surface area (Å²) in [6.07, 6.45) is 2.93. The molecule has 8 heteroatoms. The first-order valence-corrected chi connectivity index (χ1v) is 6.83. The summed E-state index contributed by atoms with van der Waals surface area (Å²) in [5.41, 5.74) is 13.3. The lowest BCUT2D eigenvalue weighted by Gasteiger charge is -2.16. The lowest BCUT2D eigenvalue weighted by Crippen LogP contribution is -2.33. The molecule has 1 aliphatic rings. The minimum Gasteiger partial charge on any atom is -0.382 e. The van der Waals surface area contributed by atoms with Gasteiger partial charge in [-0.1, -0.05) is 30.3 Å². The molecule has 1 saturated heterocycles. The number of aromatic nitrogens is 2. The number of amides is 1. The number of likely N-dealkylation sites (tertiary alicyclic amines) is 1. The number of nitrogens with zero attached hydrogens (tertiary/aromatic N) is 3. The highest BCUT2D eigenvalue weighted by molar-refractivity contribution is 5.96. The van der Waals surface area contributed by atoms with E-state index in [2.05, 4.69) is 9.97 Å². The van der Waals surface area contributed by atoms with Gasteiger partial charge < -0.3 is 16.4 Å². The summed E-state index contributed by atoms with van der Waals surface area (Å²) in [6, 6.07) is 9.91. The molecule has 0 unspecified atom stereocenters. The number of carbonyl (C=O) groups excluding carboxylic acids is 1. The van der Waals surface area contributed by atoms with Crippen LogP contribution < -0.4 is 11.5 Å². The topological polar surface area (TPSA) is 98.1 Å². The van der Waals surface area contributed by atoms with E-state index in [0.717, 1.165) is 5.56 Å². The molecule has 1 amide bonds. The summed E-state index contributed by atoms with van der Waals surface area (Å²) >= 11 is 0. The molecule has 124 valence electrons. The van der Waals surface area contributed by atoms with E-state index in [9.17, 15) is 4.79 Å². The van der Waals surface area contributed by atoms with Crippen molar-refractivity contribution < 1.29 is 4.79 Å². The second kappa shape index (κ2) is 8.10. The molecule has 3 rings (SSSR count). The van der Waals surface area contributed by atoms with Gasteiger partial charge in [0.25, 0.3) is 5.91 Å². The predicted octanol–water partition coefficient (Wildman–Crippen LogP) is 1.47. The number of carbonyl (C=O) groups is 1. The molecule has 0 saturated carbocycles. The Bertz CT molecular complexity index is 655. The van der Waals surface area contributed by atoms with Gasteiger partial charge in [-0.25, -0.2) is 9.97 Å². The third-order valence-electron chi connectivity index (χ3n) is 3.81. The van der Waals surface area contributed by atoms with Crippen molar-refractivity contribution in [1.29, 1.82) is 0 Å². The number of nitrogen functional groups attached to an aromatic ring is 1. The molecule has 0 radical (unpaired) electrons. The molecule has 1 aromatic heterocycles. The first kappa shape index (κ1) is 19.2. The molecule has 1 aromatic carbocycles. The zero-order chi connectivity index (χ0) is 14.8. The molecule has 0 spiro atoms. The molecule has 2 aromatic rings. The molecule has 2 heterocycles. The van der Waals surface area contributed by atoms with Crippen LogP contribution >= 0.6 is 24.8 Å². The quantitative estimate of drug-likeness (QED) is 0.849. The van der Waals surface area contributed by atoms with Gasteiger partial charge in [-0.05, 0) is 5.56 Å². The van der Waals surface area contributed by atoms with Gasteiger partial charge in [-0.3, -0.25) is 4.79 Å². The molecule has 23 heavy (non-hydrogen) atoms. The van der Waals surface area contributed by atoms with Crippen molar-refractivity contribution >= 4 is 36.5 Å². The van der Waals surface area contributed by atoms with Crippen LogP contribution in [-0.2, 0) is 0 Å². The van der Waals surface area contributed by atoms with Gasteiger partial charge in [-0.15, -0.1) is 24.8 Å². The van der Waals surface area contributed by atoms with Crippen LogP contribution in [0.15, 0.2) is 42.7 Å². The third-order valence-corrected chi connectivity index (χ3v) is 3.81. The predicted molar refractivity (Wildman–Crippen MR) is 94.0 cm³/mol. The number of nitrogens with two attached hydrogens (primary N) is 2. The van der Waals surface area contributed by atoms with E-state index in [0.29, 0.717) is 13.1 Å². The van der Waals surface area contributed by atoms with E-state index in [-0.39, 0.29) is 54.2 Å². The van der Waals surface area contributed by atoms with E-state index in [1.807, 2.05) is 30.3 Å². The number of anilines is 1. The van der Waals surface area contributed by atoms with Crippen LogP contribution in [0.5, 0.6) is 0 Å². The molecule has 4 N–H and O–H groups in total. The van der Waals surface area contributed by atoms with Crippen LogP contribution in [0.3, 0.4) is 0 Å². The van der Waals surface area contributed by atoms with Crippen molar-refractivity contribution in [3.63, 3.8) is 0 Å². The average molecular weight is 356 g/mol. The fourth-order valence-electron chi connectivity index (χ4n) is 2.71. The molecule has 1 aliphatic heterocycles. The van der Waals surface area contributed by atoms with Crippen LogP contribution in [0.25, 0.3) is 0 Å². The standard InChI is InChI=1S/C15H17N5O.2ClH/c16-12-9-20(8-11(12)10-4-2-1-3-5-10)15(21)13-14(17)19-7-6-18-13;;/h1-7,11-12H,8-9,16H2,(H2,17,19);2*1H/t11-,12+;;/m0../s1. The van der Waals surface area contributed by atoms with Gasteiger partial charge in [0.15, 0.2) is 11.5 Å². The molecule has 6 nitrogen and oxygen atoms in total. The van der Waals surface area contributed by atoms with Crippen molar-refractivity contribution in [2.75, 3.05) is 18.8 Å². The third kappa shape index (κ3) is 3.90. The Morgan fingerprint density at radius 2 is 1.74 bits per heavy atom. The van der Waals surface area contributed by atoms with Crippen LogP contribution in [0.2, 0.25) is 0 Å². The zero-order valence-electron chi connectivity index (χ0n) is 12.3. The first-order valence-electron chi connectivity index (χ1n) is 6.83. The number of rotatable bonds is 2. The Morgan fingerprint density at radius 3 is 2.39 bits per heavy atom. The number of hydrogen-bond acceptors (Lipinski definition) is 5. The van der Waals surface area contributed by atoms with Crippen molar-refractivity contribution in [2.45, 2.75) is 12.0 Å². The van der Waals surface area contributed by atoms with Gasteiger partial charge in [-0.2, -0.15) is 0 Å². The Morgan fingerprint density at radius 1 is 1.09 bits per heavy atom. The van der Waals surface area contributed by atoms with Crippen LogP contribution in [-0.4, -0.2) is 39.9 Å². The summed E-state index contributed by atoms with van der Waals surface area (Å²) in [6.45, 7) is 1.06. The van der Waals surface area contributed by atoms with E-state index >= 15 is 0 Å². The van der Waals surface area contributed by atoms with Gasteiger partial charge in [0.2, 0.25) is 0 Å². The van der Waals surface area contributed by atoms with Gasteiger partial charge in [0.05, 0.1) is 0 Å². The maximum Gasteiger partial charge on any atom is 0.276 e. The fourth-order valence-corrected chi connectivity index (χ4v) is 2.71. The Hall–Kier alpha value is -1.89. The Kier molecular flexibility index (Phi) is 6.75. The SMILES string of the molecule is Cl.Cl.Nc1nccnc1C(=O)N1C[C@@H](N)[C@H](c2ccccc2)C1. The van der Waals surface area contributed by atoms with Crippen LogP contribution in [0.4, 0.5) is 5.82 Å². The molecular formula is C15H19Cl2N5O. The van der Waals surface area contributed by atoms with Crippen molar-refractivity contribution in [1.82, 2.24) is 14.9 Å². The second-order valence-corrected chi connectivity index (χ2v) is 5.18. The summed E-state index contributed by atoms with van der Waals surface area (Å²) in [7, 11) is 0. The summed E-state index contributed by atoms with van der Waals surface area (Å²) < 4.78 is 0. The summed E-state index contributed by atoms with van der Waals surface area (Å²) in [5, 5.41) is 0. The average Bonchev–Trinajstić information content (AvgIpc) is 2.90. The van der Waals surface area contributed by atoms with Gasteiger partial charge in [0, 0.05) is 37.4 Å². The van der Waals surface area contributed by atoms with E-state index < -0.39 is 0 Å². The van der Waals surface area contributed by atoms with E-state index in [1.165, 1.54) is 12.4 Å². The minimum absolute atomic E-state index is 0. The molecule has 0 aliphatic carbocycles. The van der Waals surface area contributed by atoms with Gasteiger partial charge in [0.1, 0.15) is 0 Å². The van der Waals surface area contributed by atoms with E-state index in [4.69, 9.17) is 11.5 Å². The Labute approximate surface area is 147 Å². The summed E-state index contributed by atoms with van der Waals surface area (Å²) in [5.74, 6) is 0.0711. The van der Waals surface area contributed by atoms with Crippen LogP contribution in [0.1, 0.15) is 22.0 Å². The van der Waals surface area contributed by atoms with Crippen molar-refractivity contribution in [2.24, 2.45) is 5.73 Å². The maximum absolute atomic E-state index is 12.5. The molecule has 1 fully saturated rings. The van der Waals surface area contributed by atoms with Crippen molar-refractivity contribution in [3.8, 4) is 0 Å². The second-order valence-electron chi connectivity index (χ2n) is 5.18. The largest absolute Gasteiger partial charge is 0.382 e. The Balaban J connectivity index is 0.00000132. The molecular weight excluding hydrogens is 337 g/mol. The lowest BCUT2D eigenvalue weighted by atomic mass is 9.95. The number of hydrogen-bond donors (Lipinski definition) is 2. The highest BCUT2D eigenvalue weighted by atomic mass is 35.5. The zero-order valence-corrected chi connectivity index (χ0v) is 14.0. The van der Waals surface area contributed by atoms with Crippen LogP contribution in [0, 0.1) is 0 Å². The molecule has 0 bridgehead atoms.